The van der Waals surface area contributed by atoms with Gasteiger partial charge in [0, 0.05) is 25.5 Å². The molecule has 1 N–H and O–H groups in total. The van der Waals surface area contributed by atoms with Gasteiger partial charge in [-0.3, -0.25) is 4.98 Å². The number of hydrogen-bond donors (Lipinski definition) is 1. The lowest BCUT2D eigenvalue weighted by molar-refractivity contribution is 0.195. The number of benzene rings is 1. The molecule has 2 aromatic rings. The standard InChI is InChI=1S/C17H21N3O2/c1-2-20(14-15-8-10-18-11-9-15)17(21)19-12-13-22-16-6-4-3-5-7-16/h3-11H,2,12-14H2,1H3,(H,19,21). The highest BCUT2D eigenvalue weighted by molar-refractivity contribution is 5.74. The molecule has 0 bridgehead atoms. The molecule has 0 aliphatic carbocycles. The number of aromatic nitrogens is 1. The van der Waals surface area contributed by atoms with Crippen molar-refractivity contribution < 1.29 is 9.53 Å². The molecule has 0 atom stereocenters. The van der Waals surface area contributed by atoms with E-state index in [2.05, 4.69) is 10.3 Å². The number of rotatable bonds is 7. The molecule has 1 aromatic heterocycles. The first-order valence-electron chi connectivity index (χ1n) is 7.39. The van der Waals surface area contributed by atoms with Crippen molar-refractivity contribution in [2.75, 3.05) is 19.7 Å². The fourth-order valence-electron chi connectivity index (χ4n) is 1.99. The smallest absolute Gasteiger partial charge is 0.317 e. The predicted molar refractivity (Wildman–Crippen MR) is 85.7 cm³/mol. The summed E-state index contributed by atoms with van der Waals surface area (Å²) in [6.07, 6.45) is 3.46. The zero-order valence-corrected chi connectivity index (χ0v) is 12.7. The highest BCUT2D eigenvalue weighted by Gasteiger charge is 2.11. The summed E-state index contributed by atoms with van der Waals surface area (Å²) in [4.78, 5) is 17.9. The Kier molecular flexibility index (Phi) is 6.23. The van der Waals surface area contributed by atoms with Gasteiger partial charge in [-0.1, -0.05) is 18.2 Å². The molecule has 0 aliphatic rings. The van der Waals surface area contributed by atoms with E-state index in [1.807, 2.05) is 49.4 Å². The van der Waals surface area contributed by atoms with E-state index in [9.17, 15) is 4.79 Å². The van der Waals surface area contributed by atoms with Crippen molar-refractivity contribution in [1.29, 1.82) is 0 Å². The molecule has 0 saturated carbocycles. The summed E-state index contributed by atoms with van der Waals surface area (Å²) in [6, 6.07) is 13.3. The van der Waals surface area contributed by atoms with Gasteiger partial charge in [0.2, 0.25) is 0 Å². The largest absolute Gasteiger partial charge is 0.492 e. The third-order valence-electron chi connectivity index (χ3n) is 3.18. The van der Waals surface area contributed by atoms with Gasteiger partial charge in [0.25, 0.3) is 0 Å². The molecular formula is C17H21N3O2. The van der Waals surface area contributed by atoms with Gasteiger partial charge >= 0.3 is 6.03 Å². The van der Waals surface area contributed by atoms with Crippen LogP contribution in [0, 0.1) is 0 Å². The van der Waals surface area contributed by atoms with Crippen molar-refractivity contribution in [2.24, 2.45) is 0 Å². The Hall–Kier alpha value is -2.56. The molecule has 1 aromatic carbocycles. The number of pyridine rings is 1. The second-order valence-electron chi connectivity index (χ2n) is 4.76. The minimum absolute atomic E-state index is 0.0871. The molecule has 2 amide bonds. The number of urea groups is 1. The van der Waals surface area contributed by atoms with Gasteiger partial charge in [-0.15, -0.1) is 0 Å². The first-order valence-corrected chi connectivity index (χ1v) is 7.39. The fourth-order valence-corrected chi connectivity index (χ4v) is 1.99. The molecule has 0 aliphatic heterocycles. The zero-order chi connectivity index (χ0) is 15.6. The van der Waals surface area contributed by atoms with Crippen molar-refractivity contribution in [3.8, 4) is 5.75 Å². The number of nitrogens with one attached hydrogen (secondary N) is 1. The molecular weight excluding hydrogens is 278 g/mol. The van der Waals surface area contributed by atoms with Crippen LogP contribution in [0.1, 0.15) is 12.5 Å². The maximum absolute atomic E-state index is 12.1. The van der Waals surface area contributed by atoms with Crippen molar-refractivity contribution in [3.63, 3.8) is 0 Å². The topological polar surface area (TPSA) is 54.5 Å². The van der Waals surface area contributed by atoms with Crippen LogP contribution in [0.5, 0.6) is 5.75 Å². The third-order valence-corrected chi connectivity index (χ3v) is 3.18. The second-order valence-corrected chi connectivity index (χ2v) is 4.76. The van der Waals surface area contributed by atoms with Gasteiger partial charge in [0.1, 0.15) is 12.4 Å². The molecule has 2 rings (SSSR count). The summed E-state index contributed by atoms with van der Waals surface area (Å²) in [5.74, 6) is 0.806. The van der Waals surface area contributed by atoms with Crippen LogP contribution in [0.2, 0.25) is 0 Å². The van der Waals surface area contributed by atoms with Crippen LogP contribution in [0.4, 0.5) is 4.79 Å². The summed E-state index contributed by atoms with van der Waals surface area (Å²) in [6.45, 7) is 4.10. The van der Waals surface area contributed by atoms with Crippen molar-refractivity contribution in [3.05, 3.63) is 60.4 Å². The van der Waals surface area contributed by atoms with E-state index < -0.39 is 0 Å². The van der Waals surface area contributed by atoms with Crippen LogP contribution in [0.15, 0.2) is 54.9 Å². The summed E-state index contributed by atoms with van der Waals surface area (Å²) in [7, 11) is 0. The first kappa shape index (κ1) is 15.8. The number of carbonyl (C=O) groups excluding carboxylic acids is 1. The van der Waals surface area contributed by atoms with Crippen LogP contribution in [-0.2, 0) is 6.54 Å². The highest BCUT2D eigenvalue weighted by Crippen LogP contribution is 2.07. The average molecular weight is 299 g/mol. The van der Waals surface area contributed by atoms with E-state index in [0.717, 1.165) is 11.3 Å². The second kappa shape index (κ2) is 8.67. The van der Waals surface area contributed by atoms with Crippen LogP contribution in [-0.4, -0.2) is 35.6 Å². The highest BCUT2D eigenvalue weighted by atomic mass is 16.5. The van der Waals surface area contributed by atoms with Crippen molar-refractivity contribution in [2.45, 2.75) is 13.5 Å². The summed E-state index contributed by atoms with van der Waals surface area (Å²) in [5.41, 5.74) is 1.06. The van der Waals surface area contributed by atoms with Crippen LogP contribution >= 0.6 is 0 Å². The fraction of sp³-hybridized carbons (Fsp3) is 0.294. The molecule has 0 fully saturated rings. The zero-order valence-electron chi connectivity index (χ0n) is 12.7. The van der Waals surface area contributed by atoms with Crippen molar-refractivity contribution >= 4 is 6.03 Å². The van der Waals surface area contributed by atoms with E-state index in [0.29, 0.717) is 26.2 Å². The lowest BCUT2D eigenvalue weighted by atomic mass is 10.2. The number of nitrogens with zero attached hydrogens (tertiary/aromatic N) is 2. The predicted octanol–water partition coefficient (Wildman–Crippen LogP) is 2.69. The quantitative estimate of drug-likeness (QED) is 0.800. The van der Waals surface area contributed by atoms with Gasteiger partial charge in [-0.2, -0.15) is 0 Å². The third kappa shape index (κ3) is 5.09. The Bertz CT molecular complexity index is 561. The summed E-state index contributed by atoms with van der Waals surface area (Å²) in [5, 5.41) is 2.87. The van der Waals surface area contributed by atoms with E-state index in [1.54, 1.807) is 17.3 Å². The number of amides is 2. The average Bonchev–Trinajstić information content (AvgIpc) is 2.58. The van der Waals surface area contributed by atoms with E-state index in [1.165, 1.54) is 0 Å². The normalized spacial score (nSPS) is 10.0. The van der Waals surface area contributed by atoms with Crippen LogP contribution < -0.4 is 10.1 Å². The van der Waals surface area contributed by atoms with Gasteiger partial charge in [-0.25, -0.2) is 4.79 Å². The van der Waals surface area contributed by atoms with E-state index >= 15 is 0 Å². The Labute approximate surface area is 130 Å². The summed E-state index contributed by atoms with van der Waals surface area (Å²) >= 11 is 0. The van der Waals surface area contributed by atoms with Gasteiger partial charge in [0.05, 0.1) is 6.54 Å². The summed E-state index contributed by atoms with van der Waals surface area (Å²) < 4.78 is 5.55. The lowest BCUT2D eigenvalue weighted by Crippen LogP contribution is -2.41. The Morgan fingerprint density at radius 2 is 1.91 bits per heavy atom. The van der Waals surface area contributed by atoms with Gasteiger partial charge in [0.15, 0.2) is 0 Å². The molecule has 0 saturated heterocycles. The minimum Gasteiger partial charge on any atom is -0.492 e. The maximum atomic E-state index is 12.1. The van der Waals surface area contributed by atoms with Crippen molar-refractivity contribution in [1.82, 2.24) is 15.2 Å². The molecule has 5 nitrogen and oxygen atoms in total. The molecule has 116 valence electrons. The lowest BCUT2D eigenvalue weighted by Gasteiger charge is -2.21. The Balaban J connectivity index is 1.73. The maximum Gasteiger partial charge on any atom is 0.317 e. The number of ether oxygens (including phenoxy) is 1. The van der Waals surface area contributed by atoms with E-state index in [4.69, 9.17) is 4.74 Å². The molecule has 22 heavy (non-hydrogen) atoms. The SMILES string of the molecule is CCN(Cc1ccncc1)C(=O)NCCOc1ccccc1. The van der Waals surface area contributed by atoms with Gasteiger partial charge < -0.3 is 15.0 Å². The van der Waals surface area contributed by atoms with Crippen LogP contribution in [0.25, 0.3) is 0 Å². The minimum atomic E-state index is -0.0871. The number of para-hydroxylation sites is 1. The molecule has 0 radical (unpaired) electrons. The van der Waals surface area contributed by atoms with Gasteiger partial charge in [-0.05, 0) is 36.8 Å². The monoisotopic (exact) mass is 299 g/mol. The first-order chi connectivity index (χ1) is 10.8. The molecule has 1 heterocycles. The number of hydrogen-bond acceptors (Lipinski definition) is 3. The Morgan fingerprint density at radius 1 is 1.18 bits per heavy atom. The molecule has 0 spiro atoms. The van der Waals surface area contributed by atoms with E-state index in [-0.39, 0.29) is 6.03 Å². The molecule has 0 unspecified atom stereocenters. The Morgan fingerprint density at radius 3 is 2.59 bits per heavy atom. The molecule has 5 heteroatoms. The van der Waals surface area contributed by atoms with Crippen LogP contribution in [0.3, 0.4) is 0 Å². The number of carbonyl (C=O) groups is 1.